The Bertz CT molecular complexity index is 474. The molecule has 0 aromatic heterocycles. The summed E-state index contributed by atoms with van der Waals surface area (Å²) in [4.78, 5) is 18.0. The quantitative estimate of drug-likeness (QED) is 0.587. The third-order valence-corrected chi connectivity index (χ3v) is 7.38. The number of Topliss-reactive ketones (excluding diaryl/α,β-unsaturated/α-hetero) is 1. The van der Waals surface area contributed by atoms with E-state index in [1.807, 2.05) is 7.11 Å². The second kappa shape index (κ2) is 5.82. The SMILES string of the molecule is COC1CCC(C(=O)C2N3CC23C2CCN(C)CC2)CCC1C. The molecule has 0 aromatic carbocycles. The lowest BCUT2D eigenvalue weighted by Crippen LogP contribution is -2.39. The zero-order valence-electron chi connectivity index (χ0n) is 15.0. The fraction of sp³-hybridized carbons (Fsp3) is 0.947. The molecule has 6 unspecified atom stereocenters. The first-order valence-electron chi connectivity index (χ1n) is 9.59. The maximum Gasteiger partial charge on any atom is 0.155 e. The predicted molar refractivity (Wildman–Crippen MR) is 90.4 cm³/mol. The maximum absolute atomic E-state index is 13.1. The second-order valence-corrected chi connectivity index (χ2v) is 8.60. The van der Waals surface area contributed by atoms with E-state index in [0.717, 1.165) is 31.6 Å². The highest BCUT2D eigenvalue weighted by atomic mass is 16.5. The molecule has 4 nitrogen and oxygen atoms in total. The van der Waals surface area contributed by atoms with Gasteiger partial charge in [0, 0.05) is 19.6 Å². The van der Waals surface area contributed by atoms with Crippen LogP contribution in [0.4, 0.5) is 0 Å². The minimum Gasteiger partial charge on any atom is -0.381 e. The predicted octanol–water partition coefficient (Wildman–Crippen LogP) is 2.18. The molecule has 0 aromatic rings. The van der Waals surface area contributed by atoms with Crippen molar-refractivity contribution in [3.63, 3.8) is 0 Å². The molecule has 0 amide bonds. The summed E-state index contributed by atoms with van der Waals surface area (Å²) in [5.74, 6) is 2.22. The van der Waals surface area contributed by atoms with Gasteiger partial charge >= 0.3 is 0 Å². The van der Waals surface area contributed by atoms with Gasteiger partial charge in [-0.1, -0.05) is 6.92 Å². The van der Waals surface area contributed by atoms with Gasteiger partial charge in [0.2, 0.25) is 0 Å². The van der Waals surface area contributed by atoms with Crippen molar-refractivity contribution in [2.45, 2.75) is 63.1 Å². The maximum atomic E-state index is 13.1. The molecule has 4 heteroatoms. The first-order chi connectivity index (χ1) is 11.1. The third kappa shape index (κ3) is 2.58. The van der Waals surface area contributed by atoms with Crippen molar-refractivity contribution in [1.82, 2.24) is 9.80 Å². The lowest BCUT2D eigenvalue weighted by Gasteiger charge is -2.31. The highest BCUT2D eigenvalue weighted by Crippen LogP contribution is 2.64. The van der Waals surface area contributed by atoms with Crippen LogP contribution in [-0.4, -0.2) is 67.1 Å². The number of carbonyl (C=O) groups excluding carboxylic acids is 1. The number of hydrogen-bond donors (Lipinski definition) is 0. The molecule has 0 spiro atoms. The van der Waals surface area contributed by atoms with Crippen LogP contribution in [-0.2, 0) is 9.53 Å². The van der Waals surface area contributed by atoms with Gasteiger partial charge in [0.25, 0.3) is 0 Å². The van der Waals surface area contributed by atoms with E-state index in [4.69, 9.17) is 4.74 Å². The van der Waals surface area contributed by atoms with Crippen LogP contribution >= 0.6 is 0 Å². The van der Waals surface area contributed by atoms with Gasteiger partial charge < -0.3 is 9.64 Å². The van der Waals surface area contributed by atoms with Crippen LogP contribution in [0.2, 0.25) is 0 Å². The van der Waals surface area contributed by atoms with Crippen molar-refractivity contribution in [3.05, 3.63) is 0 Å². The van der Waals surface area contributed by atoms with Crippen molar-refractivity contribution in [2.75, 3.05) is 33.8 Å². The molecule has 0 bridgehead atoms. The summed E-state index contributed by atoms with van der Waals surface area (Å²) < 4.78 is 5.62. The zero-order chi connectivity index (χ0) is 16.2. The average molecular weight is 320 g/mol. The van der Waals surface area contributed by atoms with Crippen molar-refractivity contribution in [3.8, 4) is 0 Å². The molecule has 3 heterocycles. The van der Waals surface area contributed by atoms with E-state index in [1.165, 1.54) is 32.5 Å². The number of fused-ring (bicyclic) bond motifs is 1. The molecule has 4 fully saturated rings. The topological polar surface area (TPSA) is 32.6 Å². The Balaban J connectivity index is 1.36. The highest BCUT2D eigenvalue weighted by molar-refractivity contribution is 5.93. The smallest absolute Gasteiger partial charge is 0.155 e. The van der Waals surface area contributed by atoms with Crippen molar-refractivity contribution in [2.24, 2.45) is 17.8 Å². The molecule has 0 radical (unpaired) electrons. The minimum absolute atomic E-state index is 0.287. The molecule has 130 valence electrons. The van der Waals surface area contributed by atoms with E-state index in [9.17, 15) is 4.79 Å². The van der Waals surface area contributed by atoms with Crippen LogP contribution in [0.1, 0.15) is 45.4 Å². The lowest BCUT2D eigenvalue weighted by atomic mass is 9.80. The normalized spacial score (nSPS) is 47.7. The van der Waals surface area contributed by atoms with Gasteiger partial charge in [0.05, 0.1) is 17.7 Å². The van der Waals surface area contributed by atoms with E-state index in [0.29, 0.717) is 29.3 Å². The molecule has 3 aliphatic heterocycles. The summed E-state index contributed by atoms with van der Waals surface area (Å²) in [5.41, 5.74) is 0.316. The Morgan fingerprint density at radius 3 is 2.43 bits per heavy atom. The summed E-state index contributed by atoms with van der Waals surface area (Å²) >= 11 is 0. The number of piperidine rings is 1. The third-order valence-electron chi connectivity index (χ3n) is 7.38. The van der Waals surface area contributed by atoms with Gasteiger partial charge in [-0.05, 0) is 70.5 Å². The van der Waals surface area contributed by atoms with Gasteiger partial charge in [0.15, 0.2) is 5.78 Å². The Labute approximate surface area is 140 Å². The number of likely N-dealkylation sites (tertiary alicyclic amines) is 1. The minimum atomic E-state index is 0.287. The number of carbonyl (C=O) groups is 1. The van der Waals surface area contributed by atoms with Crippen LogP contribution < -0.4 is 0 Å². The first-order valence-corrected chi connectivity index (χ1v) is 9.59. The summed E-state index contributed by atoms with van der Waals surface area (Å²) in [6.45, 7) is 5.88. The van der Waals surface area contributed by atoms with E-state index in [1.54, 1.807) is 0 Å². The molecule has 4 rings (SSSR count). The van der Waals surface area contributed by atoms with Crippen molar-refractivity contribution in [1.29, 1.82) is 0 Å². The van der Waals surface area contributed by atoms with Crippen molar-refractivity contribution >= 4 is 5.78 Å². The van der Waals surface area contributed by atoms with E-state index >= 15 is 0 Å². The summed E-state index contributed by atoms with van der Waals surface area (Å²) in [5, 5.41) is 0. The molecule has 1 saturated carbocycles. The second-order valence-electron chi connectivity index (χ2n) is 8.60. The lowest BCUT2D eigenvalue weighted by molar-refractivity contribution is -0.124. The molecule has 0 N–H and O–H groups in total. The van der Waals surface area contributed by atoms with E-state index in [-0.39, 0.29) is 6.04 Å². The molecule has 23 heavy (non-hydrogen) atoms. The number of hydrogen-bond acceptors (Lipinski definition) is 4. The number of ketones is 1. The fourth-order valence-corrected chi connectivity index (χ4v) is 5.51. The van der Waals surface area contributed by atoms with Gasteiger partial charge in [-0.2, -0.15) is 0 Å². The first kappa shape index (κ1) is 16.0. The Morgan fingerprint density at radius 2 is 1.78 bits per heavy atom. The number of rotatable bonds is 4. The van der Waals surface area contributed by atoms with Crippen molar-refractivity contribution < 1.29 is 9.53 Å². The summed E-state index contributed by atoms with van der Waals surface area (Å²) in [7, 11) is 4.03. The molecule has 1 aliphatic carbocycles. The molecule has 4 aliphatic rings. The Kier molecular flexibility index (Phi) is 4.06. The Hall–Kier alpha value is -0.450. The van der Waals surface area contributed by atoms with E-state index < -0.39 is 0 Å². The number of ether oxygens (including phenoxy) is 1. The van der Waals surface area contributed by atoms with Crippen LogP contribution in [0.3, 0.4) is 0 Å². The van der Waals surface area contributed by atoms with Crippen LogP contribution in [0.5, 0.6) is 0 Å². The van der Waals surface area contributed by atoms with Crippen LogP contribution in [0, 0.1) is 17.8 Å². The van der Waals surface area contributed by atoms with Gasteiger partial charge in [-0.15, -0.1) is 0 Å². The molecule has 3 saturated heterocycles. The van der Waals surface area contributed by atoms with Crippen LogP contribution in [0.15, 0.2) is 0 Å². The zero-order valence-corrected chi connectivity index (χ0v) is 15.0. The fourth-order valence-electron chi connectivity index (χ4n) is 5.51. The molecular weight excluding hydrogens is 288 g/mol. The standard InChI is InChI=1S/C19H32N2O2/c1-13-4-5-14(6-7-16(13)23-3)17(22)18-19(12-21(18)19)15-8-10-20(2)11-9-15/h13-16,18H,4-12H2,1-3H3. The van der Waals surface area contributed by atoms with Gasteiger partial charge in [-0.25, -0.2) is 0 Å². The molecular formula is C19H32N2O2. The van der Waals surface area contributed by atoms with Gasteiger partial charge in [0.1, 0.15) is 0 Å². The Morgan fingerprint density at radius 1 is 1.09 bits per heavy atom. The monoisotopic (exact) mass is 320 g/mol. The van der Waals surface area contributed by atoms with Gasteiger partial charge in [-0.3, -0.25) is 9.69 Å². The summed E-state index contributed by atoms with van der Waals surface area (Å²) in [6.07, 6.45) is 7.23. The highest BCUT2D eigenvalue weighted by Gasteiger charge is 2.82. The largest absolute Gasteiger partial charge is 0.381 e. The average Bonchev–Trinajstić information content (AvgIpc) is 3.40. The summed E-state index contributed by atoms with van der Waals surface area (Å²) in [6, 6.07) is 0.287. The van der Waals surface area contributed by atoms with E-state index in [2.05, 4.69) is 23.8 Å². The number of nitrogens with zero attached hydrogens (tertiary/aromatic N) is 2. The van der Waals surface area contributed by atoms with Crippen LogP contribution in [0.25, 0.3) is 0 Å². The molecule has 6 atom stereocenters. The number of methoxy groups -OCH3 is 1.